The van der Waals surface area contributed by atoms with Crippen LogP contribution in [-0.2, 0) is 52.5 Å². The molecule has 1 fully saturated rings. The van der Waals surface area contributed by atoms with Crippen molar-refractivity contribution in [2.45, 2.75) is 82.1 Å². The number of ether oxygens (including phenoxy) is 5. The molecule has 0 aliphatic carbocycles. The topological polar surface area (TPSA) is 161 Å². The average Bonchev–Trinajstić information content (AvgIpc) is 2.84. The second kappa shape index (κ2) is 14.3. The minimum Gasteiger partial charge on any atom is -0.466 e. The molecule has 1 amide bonds. The Morgan fingerprint density at radius 3 is 2.10 bits per heavy atom. The maximum Gasteiger partial charge on any atom is 0.349 e. The zero-order valence-electron chi connectivity index (χ0n) is 23.5. The smallest absolute Gasteiger partial charge is 0.349 e. The maximum atomic E-state index is 13.4. The van der Waals surface area contributed by atoms with E-state index in [9.17, 15) is 28.8 Å². The second-order valence-electron chi connectivity index (χ2n) is 9.41. The Hall–Kier alpha value is -3.45. The van der Waals surface area contributed by atoms with Crippen molar-refractivity contribution in [3.63, 3.8) is 0 Å². The molecule has 0 saturated carbocycles. The lowest BCUT2D eigenvalue weighted by atomic mass is 9.82. The predicted octanol–water partition coefficient (Wildman–Crippen LogP) is 1.88. The number of hydrogen-bond donors (Lipinski definition) is 1. The van der Waals surface area contributed by atoms with Gasteiger partial charge in [-0.05, 0) is 26.0 Å². The highest BCUT2D eigenvalue weighted by molar-refractivity contribution is 8.01. The number of benzene rings is 1. The molecule has 1 aromatic rings. The summed E-state index contributed by atoms with van der Waals surface area (Å²) in [4.78, 5) is 73.3. The fourth-order valence-corrected chi connectivity index (χ4v) is 5.72. The van der Waals surface area contributed by atoms with Crippen molar-refractivity contribution < 1.29 is 52.5 Å². The van der Waals surface area contributed by atoms with Gasteiger partial charge in [0, 0.05) is 39.0 Å². The molecular formula is C27H35NO11S. The van der Waals surface area contributed by atoms with E-state index in [2.05, 4.69) is 5.32 Å². The summed E-state index contributed by atoms with van der Waals surface area (Å²) in [5.41, 5.74) is 0.966. The summed E-state index contributed by atoms with van der Waals surface area (Å²) in [5, 5.41) is 2.66. The van der Waals surface area contributed by atoms with Crippen LogP contribution < -0.4 is 5.32 Å². The number of esters is 4. The standard InChI is InChI=1S/C27H35NO11S/c1-14-8-10-20(11-9-14)40-27(26(34)35-7)12-21(37-18(5)32)24(28-16(3)30)25(39-27)23(15(2)29)22(38-19(6)33)13-36-17(4)31/h8-11,21-25H,12-13H2,1-7H3,(H,28,30)/t21-,22+,23+,24+,25-,27+/m0/s1. The maximum absolute atomic E-state index is 13.4. The number of thioether (sulfide) groups is 1. The fraction of sp³-hybridized carbons (Fsp3) is 0.556. The minimum absolute atomic E-state index is 0.258. The van der Waals surface area contributed by atoms with Gasteiger partial charge < -0.3 is 29.0 Å². The quantitative estimate of drug-likeness (QED) is 0.299. The molecule has 220 valence electrons. The minimum atomic E-state index is -1.86. The lowest BCUT2D eigenvalue weighted by molar-refractivity contribution is -0.207. The van der Waals surface area contributed by atoms with Gasteiger partial charge in [0.1, 0.15) is 24.6 Å². The number of carbonyl (C=O) groups is 6. The normalized spacial score (nSPS) is 23.6. The molecule has 1 N–H and O–H groups in total. The average molecular weight is 582 g/mol. The van der Waals surface area contributed by atoms with Crippen molar-refractivity contribution in [2.24, 2.45) is 5.92 Å². The molecule has 1 aliphatic heterocycles. The van der Waals surface area contributed by atoms with Gasteiger partial charge in [0.05, 0.1) is 25.2 Å². The number of nitrogens with one attached hydrogen (secondary N) is 1. The van der Waals surface area contributed by atoms with Gasteiger partial charge in [-0.1, -0.05) is 29.5 Å². The Morgan fingerprint density at radius 2 is 1.62 bits per heavy atom. The SMILES string of the molecule is COC(=O)[C@]1(Sc2ccc(C)cc2)C[C@H](OC(C)=O)[C@@H](NC(C)=O)[C@H]([C@H](C(C)=O)[C@@H](COC(C)=O)OC(C)=O)O1. The number of methoxy groups -OCH3 is 1. The molecule has 13 heteroatoms. The van der Waals surface area contributed by atoms with E-state index >= 15 is 0 Å². The molecule has 0 spiro atoms. The summed E-state index contributed by atoms with van der Waals surface area (Å²) in [6, 6.07) is 6.00. The fourth-order valence-electron chi connectivity index (χ4n) is 4.50. The first-order valence-corrected chi connectivity index (χ1v) is 13.3. The van der Waals surface area contributed by atoms with Crippen molar-refractivity contribution in [2.75, 3.05) is 13.7 Å². The van der Waals surface area contributed by atoms with Gasteiger partial charge in [0.2, 0.25) is 10.8 Å². The van der Waals surface area contributed by atoms with Crippen molar-refractivity contribution in [1.82, 2.24) is 5.32 Å². The Bertz CT molecular complexity index is 1120. The van der Waals surface area contributed by atoms with Gasteiger partial charge in [-0.2, -0.15) is 0 Å². The summed E-state index contributed by atoms with van der Waals surface area (Å²) in [6.45, 7) is 7.21. The zero-order valence-corrected chi connectivity index (χ0v) is 24.3. The molecule has 1 heterocycles. The van der Waals surface area contributed by atoms with E-state index in [0.717, 1.165) is 45.2 Å². The van der Waals surface area contributed by atoms with E-state index < -0.39 is 77.4 Å². The first-order chi connectivity index (χ1) is 18.7. The third-order valence-electron chi connectivity index (χ3n) is 6.03. The van der Waals surface area contributed by atoms with Crippen LogP contribution in [0.5, 0.6) is 0 Å². The highest BCUT2D eigenvalue weighted by atomic mass is 32.2. The van der Waals surface area contributed by atoms with Gasteiger partial charge in [-0.25, -0.2) is 4.79 Å². The molecule has 0 unspecified atom stereocenters. The van der Waals surface area contributed by atoms with Crippen LogP contribution in [0.25, 0.3) is 0 Å². The number of rotatable bonds is 11. The van der Waals surface area contributed by atoms with Gasteiger partial charge in [0.15, 0.2) is 0 Å². The largest absolute Gasteiger partial charge is 0.466 e. The lowest BCUT2D eigenvalue weighted by Gasteiger charge is -2.48. The van der Waals surface area contributed by atoms with Crippen molar-refractivity contribution >= 4 is 47.3 Å². The van der Waals surface area contributed by atoms with Gasteiger partial charge in [-0.3, -0.25) is 24.0 Å². The molecule has 12 nitrogen and oxygen atoms in total. The summed E-state index contributed by atoms with van der Waals surface area (Å²) in [5.74, 6) is -5.51. The monoisotopic (exact) mass is 581 g/mol. The Kier molecular flexibility index (Phi) is 11.7. The Balaban J connectivity index is 2.75. The number of hydrogen-bond acceptors (Lipinski definition) is 12. The van der Waals surface area contributed by atoms with Crippen LogP contribution in [-0.4, -0.2) is 78.6 Å². The van der Waals surface area contributed by atoms with Gasteiger partial charge in [0.25, 0.3) is 0 Å². The summed E-state index contributed by atoms with van der Waals surface area (Å²) in [7, 11) is 1.16. The molecule has 1 aromatic carbocycles. The van der Waals surface area contributed by atoms with E-state index in [1.165, 1.54) is 13.8 Å². The number of carbonyl (C=O) groups excluding carboxylic acids is 6. The zero-order chi connectivity index (χ0) is 30.2. The number of Topliss-reactive ketones (excluding diaryl/α,β-unsaturated/α-hetero) is 1. The molecule has 40 heavy (non-hydrogen) atoms. The number of ketones is 1. The van der Waals surface area contributed by atoms with Crippen LogP contribution in [0.2, 0.25) is 0 Å². The lowest BCUT2D eigenvalue weighted by Crippen LogP contribution is -2.66. The van der Waals surface area contributed by atoms with Crippen LogP contribution >= 0.6 is 11.8 Å². The molecule has 2 rings (SSSR count). The Labute approximate surface area is 236 Å². The Morgan fingerprint density at radius 1 is 1.00 bits per heavy atom. The molecule has 1 saturated heterocycles. The van der Waals surface area contributed by atoms with E-state index in [-0.39, 0.29) is 6.42 Å². The van der Waals surface area contributed by atoms with Crippen LogP contribution in [0, 0.1) is 12.8 Å². The first kappa shape index (κ1) is 32.8. The first-order valence-electron chi connectivity index (χ1n) is 12.5. The van der Waals surface area contributed by atoms with E-state index in [0.29, 0.717) is 4.90 Å². The van der Waals surface area contributed by atoms with Crippen molar-refractivity contribution in [3.8, 4) is 0 Å². The molecule has 1 aliphatic rings. The second-order valence-corrected chi connectivity index (χ2v) is 10.7. The van der Waals surface area contributed by atoms with E-state index in [1.807, 2.05) is 19.1 Å². The predicted molar refractivity (Wildman–Crippen MR) is 141 cm³/mol. The van der Waals surface area contributed by atoms with Gasteiger partial charge in [-0.15, -0.1) is 0 Å². The summed E-state index contributed by atoms with van der Waals surface area (Å²) in [6.07, 6.45) is -4.20. The summed E-state index contributed by atoms with van der Waals surface area (Å²) >= 11 is 0.977. The van der Waals surface area contributed by atoms with E-state index in [4.69, 9.17) is 23.7 Å². The van der Waals surface area contributed by atoms with Crippen LogP contribution in [0.4, 0.5) is 0 Å². The number of amides is 1. The highest BCUT2D eigenvalue weighted by Gasteiger charge is 2.58. The molecule has 0 aromatic heterocycles. The third-order valence-corrected chi connectivity index (χ3v) is 7.30. The van der Waals surface area contributed by atoms with Crippen LogP contribution in [0.15, 0.2) is 29.2 Å². The third kappa shape index (κ3) is 8.78. The van der Waals surface area contributed by atoms with E-state index in [1.54, 1.807) is 12.1 Å². The molecule has 0 bridgehead atoms. The summed E-state index contributed by atoms with van der Waals surface area (Å²) < 4.78 is 27.5. The molecule has 0 radical (unpaired) electrons. The molecular weight excluding hydrogens is 546 g/mol. The molecule has 6 atom stereocenters. The number of aryl methyl sites for hydroxylation is 1. The van der Waals surface area contributed by atoms with Crippen LogP contribution in [0.1, 0.15) is 46.6 Å². The van der Waals surface area contributed by atoms with Crippen LogP contribution in [0.3, 0.4) is 0 Å². The highest BCUT2D eigenvalue weighted by Crippen LogP contribution is 2.46. The van der Waals surface area contributed by atoms with Gasteiger partial charge >= 0.3 is 23.9 Å². The van der Waals surface area contributed by atoms with Crippen molar-refractivity contribution in [1.29, 1.82) is 0 Å². The van der Waals surface area contributed by atoms with Crippen molar-refractivity contribution in [3.05, 3.63) is 29.8 Å².